The number of esters is 1. The predicted octanol–water partition coefficient (Wildman–Crippen LogP) is 25.5. The van der Waals surface area contributed by atoms with Crippen LogP contribution in [0.25, 0.3) is 5.70 Å². The molecule has 2 fully saturated rings. The average molecular weight is 3700 g/mol. The first-order valence-electron chi connectivity index (χ1n) is 27.7. The summed E-state index contributed by atoms with van der Waals surface area (Å²) in [5.74, 6) is 0.251. The number of carbonyl (C=O) groups excluding carboxylic acids is 1. The van der Waals surface area contributed by atoms with E-state index in [4.69, 9.17) is 10.5 Å². The predicted molar refractivity (Wildman–Crippen MR) is 565 cm³/mol. The van der Waals surface area contributed by atoms with Gasteiger partial charge in [-0.25, -0.2) is 24.7 Å². The molecule has 2 aliphatic heterocycles. The van der Waals surface area contributed by atoms with E-state index in [1.807, 2.05) is 60.7 Å². The Kier molecular flexibility index (Phi) is 46.9. The van der Waals surface area contributed by atoms with Gasteiger partial charge in [0, 0.05) is 94.7 Å². The van der Waals surface area contributed by atoms with Gasteiger partial charge in [-0.3, -0.25) is 0 Å². The number of nitrogens with zero attached hydrogens (tertiary/aromatic N) is 8. The normalized spacial score (nSPS) is 15.3. The van der Waals surface area contributed by atoms with Crippen LogP contribution in [0.1, 0.15) is 101 Å². The molecular formula is C58H69F6I21N9O2-. The first-order valence-corrected chi connectivity index (χ1v) is 153. The first-order chi connectivity index (χ1) is 44.6. The van der Waals surface area contributed by atoms with Crippen molar-refractivity contribution in [3.63, 3.8) is 0 Å². The molecule has 38 heteroatoms. The summed E-state index contributed by atoms with van der Waals surface area (Å²) >= 11 is 34.2. The van der Waals surface area contributed by atoms with Crippen LogP contribution in [-0.4, -0.2) is 108 Å². The second kappa shape index (κ2) is 47.4. The van der Waals surface area contributed by atoms with E-state index in [-0.39, 0.29) is 69.7 Å². The molecule has 0 unspecified atom stereocenters. The van der Waals surface area contributed by atoms with Gasteiger partial charge in [-0.1, -0.05) is 68.6 Å². The molecule has 8 rings (SSSR count). The molecule has 2 aromatic heterocycles. The van der Waals surface area contributed by atoms with E-state index < -0.39 is 74.5 Å². The van der Waals surface area contributed by atoms with Crippen molar-refractivity contribution < 1.29 is 49.1 Å². The number of nitrogens with two attached hydrogens (primary N) is 1. The number of halogens is 27. The van der Waals surface area contributed by atoms with Crippen molar-refractivity contribution in [1.29, 1.82) is 0 Å². The Morgan fingerprint density at radius 1 is 0.542 bits per heavy atom. The van der Waals surface area contributed by atoms with E-state index in [2.05, 4.69) is 277 Å². The minimum absolute atomic E-state index is 0. The van der Waals surface area contributed by atoms with E-state index in [0.29, 0.717) is 55.4 Å². The van der Waals surface area contributed by atoms with Crippen LogP contribution in [0.2, 0.25) is 0 Å². The maximum atomic E-state index is 13.8. The van der Waals surface area contributed by atoms with E-state index >= 15 is 0 Å². The molecule has 2 saturated heterocycles. The average Bonchev–Trinajstić information content (AvgIpc) is 0.825. The Morgan fingerprint density at radius 3 is 1.26 bits per heavy atom. The van der Waals surface area contributed by atoms with Crippen molar-refractivity contribution in [2.45, 2.75) is 84.7 Å². The van der Waals surface area contributed by atoms with Gasteiger partial charge in [0.1, 0.15) is 17.2 Å². The van der Waals surface area contributed by atoms with Crippen LogP contribution in [0, 0.1) is 0 Å². The summed E-state index contributed by atoms with van der Waals surface area (Å²) in [5, 5.41) is 0. The molecule has 0 saturated carbocycles. The number of benzene rings is 4. The molecule has 4 aromatic carbocycles. The molecule has 2 N–H and O–H groups in total. The van der Waals surface area contributed by atoms with Crippen LogP contribution in [-0.2, 0) is 55.6 Å². The van der Waals surface area contributed by atoms with Crippen LogP contribution < -0.4 is 28.8 Å². The topological polar surface area (TPSA) is 117 Å². The van der Waals surface area contributed by atoms with Crippen LogP contribution in [0.5, 0.6) is 0 Å². The van der Waals surface area contributed by atoms with Gasteiger partial charge in [0.25, 0.3) is 0 Å². The number of rotatable bonds is 23. The number of aryl methyl sites for hydroxylation is 4. The summed E-state index contributed by atoms with van der Waals surface area (Å²) in [4.78, 5) is 38.4. The van der Waals surface area contributed by atoms with Crippen LogP contribution in [0.4, 0.5) is 37.7 Å². The quantitative estimate of drug-likeness (QED) is 0.0375. The Balaban J connectivity index is 0.000000271. The molecule has 0 bridgehead atoms. The second-order valence-corrected chi connectivity index (χ2v) is 476. The van der Waals surface area contributed by atoms with Gasteiger partial charge in [-0.05, 0) is 131 Å². The fourth-order valence-electron chi connectivity index (χ4n) is 8.96. The molecule has 2 aliphatic rings. The standard InChI is InChI=1S/C30H35F3N4O2.C27H30F3N5.CH4.I21/c1-29(2,3)39-28(38)23-7-5-6-21(18-23)10-13-26-25(30(31,32)33)20-34-27(35-26)19-22-8-11-24(12-9-22)37-16-14-36(4)15-17-37;1-19(31)22-5-3-4-20(16-22)8-11-25-24(27(28,29)30)18-32-26(33-25)17-21-6-9-23(10-7-21)35-14-12-34(2)13-15-35;;1-12-14(4)16(6)18(8)20(10)21(11)19(9)17(7)15(5)13(2)3/h5-9,11-12,18,20H,10,13-17,19H2,1-4H3;3-7,9-10,16,18H,1,8,11-15,17,31H2,2H3;1H4;/q;;;-1. The zero-order chi connectivity index (χ0) is 70.1. The van der Waals surface area contributed by atoms with Gasteiger partial charge in [-0.2, -0.15) is 26.3 Å². The molecule has 0 atom stereocenters. The molecule has 0 amide bonds. The van der Waals surface area contributed by atoms with Gasteiger partial charge < -0.3 is 30.1 Å². The van der Waals surface area contributed by atoms with Crippen molar-refractivity contribution in [2.75, 3.05) is 76.3 Å². The second-order valence-electron chi connectivity index (χ2n) is 21.5. The summed E-state index contributed by atoms with van der Waals surface area (Å²) in [5.41, 5.74) is 10.8. The Hall–Kier alpha value is 8.48. The molecule has 0 spiro atoms. The third-order valence-corrected chi connectivity index (χ3v) is 1420. The van der Waals surface area contributed by atoms with Crippen molar-refractivity contribution in [1.82, 2.24) is 29.7 Å². The Labute approximate surface area is 709 Å². The third-order valence-electron chi connectivity index (χ3n) is 13.6. The molecule has 6 aromatic rings. The van der Waals surface area contributed by atoms with Gasteiger partial charge in [0.05, 0.1) is 28.1 Å². The number of ether oxygens (including phenoxy) is 1. The molecular weight excluding hydrogens is 3630 g/mol. The van der Waals surface area contributed by atoms with E-state index in [0.717, 1.165) is 104 Å². The number of piperazine rings is 2. The third kappa shape index (κ3) is 32.8. The zero-order valence-corrected chi connectivity index (χ0v) is 96.0. The number of alkyl halides is 6. The minimum atomic E-state index is -4.56. The van der Waals surface area contributed by atoms with Gasteiger partial charge in [-0.15, -0.1) is 0 Å². The number of hydrogen-bond acceptors (Lipinski definition) is 11. The monoisotopic (exact) mass is 3700 g/mol. The van der Waals surface area contributed by atoms with E-state index in [1.165, 1.54) is 0 Å². The summed E-state index contributed by atoms with van der Waals surface area (Å²) in [6, 6.07) is 30.3. The van der Waals surface area contributed by atoms with Gasteiger partial charge >= 0.3 is 307 Å². The SMILES string of the molecule is C.C=C(N)c1cccc(CCc2nc(Cc3ccc(N4CCN(C)CC4)cc3)ncc2C(F)(F)F)c1.CN1CCN(c2ccc(Cc3ncc(C(F)(F)F)c(CCc4cccc(C(=O)OC(C)(C)C)c4)n3)cc2)CC1.I[I-]I(I)I(I)I(I)I(I)I(I)I(I)I(I)I(I)I(I)I. The molecule has 0 aliphatic carbocycles. The summed E-state index contributed by atoms with van der Waals surface area (Å²) in [6.45, 7) is 17.0. The zero-order valence-electron chi connectivity index (χ0n) is 50.7. The Morgan fingerprint density at radius 2 is 0.906 bits per heavy atom. The van der Waals surface area contributed by atoms with E-state index in [9.17, 15) is 31.1 Å². The summed E-state index contributed by atoms with van der Waals surface area (Å²) < 4.78 is 87.6. The van der Waals surface area contributed by atoms with Crippen LogP contribution in [0.3, 0.4) is 0 Å². The van der Waals surface area contributed by atoms with Crippen molar-refractivity contribution in [3.8, 4) is 0 Å². The van der Waals surface area contributed by atoms with Gasteiger partial charge in [0.15, 0.2) is 0 Å². The fourth-order valence-corrected chi connectivity index (χ4v) is 3150. The maximum absolute atomic E-state index is 13.8. The van der Waals surface area contributed by atoms with Crippen LogP contribution in [0.15, 0.2) is 116 Å². The fraction of sp³-hybridized carbons (Fsp3) is 0.397. The first kappa shape index (κ1) is 95.1. The van der Waals surface area contributed by atoms with Crippen molar-refractivity contribution in [3.05, 3.63) is 184 Å². The molecule has 11 nitrogen and oxygen atoms in total. The number of anilines is 2. The Bertz CT molecular complexity index is 3420. The summed E-state index contributed by atoms with van der Waals surface area (Å²) in [6.07, 6.45) is -5.67. The molecule has 0 radical (unpaired) electrons. The number of hydrogen-bond donors (Lipinski definition) is 1. The molecule has 548 valence electrons. The van der Waals surface area contributed by atoms with E-state index in [1.54, 1.807) is 45.0 Å². The molecule has 96 heavy (non-hydrogen) atoms. The van der Waals surface area contributed by atoms with Crippen molar-refractivity contribution >= 4 is 299 Å². The number of aromatic nitrogens is 4. The number of carbonyl (C=O) groups is 1. The molecule has 4 heterocycles. The summed E-state index contributed by atoms with van der Waals surface area (Å²) in [7, 11) is 0.721. The number of likely N-dealkylation sites (N-methyl/N-ethyl adjacent to an activating group) is 2. The van der Waals surface area contributed by atoms with Crippen molar-refractivity contribution in [2.24, 2.45) is 5.73 Å². The van der Waals surface area contributed by atoms with Crippen LogP contribution >= 0.6 is 276 Å². The van der Waals surface area contributed by atoms with Gasteiger partial charge in [0.2, 0.25) is 0 Å².